The summed E-state index contributed by atoms with van der Waals surface area (Å²) in [5, 5.41) is 3.71. The molecule has 3 heteroatoms. The first-order valence-electron chi connectivity index (χ1n) is 7.00. The zero-order valence-electron chi connectivity index (χ0n) is 11.9. The lowest BCUT2D eigenvalue weighted by molar-refractivity contribution is -0.0191. The molecule has 0 radical (unpaired) electrons. The van der Waals surface area contributed by atoms with E-state index in [1.54, 1.807) is 0 Å². The summed E-state index contributed by atoms with van der Waals surface area (Å²) < 4.78 is 5.81. The molecule has 1 saturated heterocycles. The smallest absolute Gasteiger partial charge is 0.0600 e. The molecule has 0 aromatic carbocycles. The van der Waals surface area contributed by atoms with E-state index in [4.69, 9.17) is 4.74 Å². The molecule has 0 aromatic heterocycles. The largest absolute Gasteiger partial charge is 0.375 e. The van der Waals surface area contributed by atoms with Gasteiger partial charge in [0.2, 0.25) is 0 Å². The molecule has 1 N–H and O–H groups in total. The van der Waals surface area contributed by atoms with Gasteiger partial charge in [0.1, 0.15) is 0 Å². The number of nitrogens with zero attached hydrogens (tertiary/aromatic N) is 1. The van der Waals surface area contributed by atoms with Crippen molar-refractivity contribution in [3.05, 3.63) is 0 Å². The van der Waals surface area contributed by atoms with Gasteiger partial charge in [-0.1, -0.05) is 0 Å². The summed E-state index contributed by atoms with van der Waals surface area (Å²) in [6, 6.07) is 0. The van der Waals surface area contributed by atoms with Crippen LogP contribution in [0.2, 0.25) is 0 Å². The highest BCUT2D eigenvalue weighted by Crippen LogP contribution is 2.40. The Kier molecular flexibility index (Phi) is 3.81. The van der Waals surface area contributed by atoms with E-state index in [0.717, 1.165) is 32.2 Å². The van der Waals surface area contributed by atoms with E-state index in [0.29, 0.717) is 5.54 Å². The van der Waals surface area contributed by atoms with Crippen molar-refractivity contribution in [3.63, 3.8) is 0 Å². The van der Waals surface area contributed by atoms with E-state index in [-0.39, 0.29) is 5.60 Å². The molecule has 100 valence electrons. The summed E-state index contributed by atoms with van der Waals surface area (Å²) in [5.74, 6) is 0.911. The molecule has 3 nitrogen and oxygen atoms in total. The third kappa shape index (κ3) is 3.94. The van der Waals surface area contributed by atoms with Crippen molar-refractivity contribution < 1.29 is 4.74 Å². The second-order valence-electron chi connectivity index (χ2n) is 6.86. The molecule has 1 unspecified atom stereocenters. The van der Waals surface area contributed by atoms with E-state index < -0.39 is 0 Å². The maximum absolute atomic E-state index is 5.81. The Hall–Kier alpha value is -0.120. The predicted molar refractivity (Wildman–Crippen MR) is 71.3 cm³/mol. The summed E-state index contributed by atoms with van der Waals surface area (Å²) in [6.07, 6.45) is 2.83. The average Bonchev–Trinajstić information content (AvgIpc) is 2.98. The molecular formula is C14H28N2O. The quantitative estimate of drug-likeness (QED) is 0.812. The topological polar surface area (TPSA) is 24.5 Å². The van der Waals surface area contributed by atoms with Crippen molar-refractivity contribution in [2.45, 2.75) is 51.7 Å². The van der Waals surface area contributed by atoms with Crippen LogP contribution >= 0.6 is 0 Å². The van der Waals surface area contributed by atoms with Crippen molar-refractivity contribution >= 4 is 0 Å². The van der Waals surface area contributed by atoms with E-state index >= 15 is 0 Å². The monoisotopic (exact) mass is 240 g/mol. The lowest BCUT2D eigenvalue weighted by Crippen LogP contribution is -2.60. The molecule has 1 aliphatic carbocycles. The summed E-state index contributed by atoms with van der Waals surface area (Å²) in [5.41, 5.74) is 0.355. The van der Waals surface area contributed by atoms with Gasteiger partial charge in [0, 0.05) is 31.7 Å². The Balaban J connectivity index is 1.74. The standard InChI is InChI=1S/C14H28N2O/c1-13(2,3)17-10-9-16-8-7-15-14(4,11-16)12-5-6-12/h12,15H,5-11H2,1-4H3. The molecule has 0 spiro atoms. The van der Waals surface area contributed by atoms with Crippen molar-refractivity contribution in [2.75, 3.05) is 32.8 Å². The van der Waals surface area contributed by atoms with Gasteiger partial charge in [0.15, 0.2) is 0 Å². The van der Waals surface area contributed by atoms with Crippen LogP contribution in [0.5, 0.6) is 0 Å². The van der Waals surface area contributed by atoms with Crippen LogP contribution in [0.3, 0.4) is 0 Å². The molecule has 0 bridgehead atoms. The molecule has 2 aliphatic rings. The Morgan fingerprint density at radius 1 is 1.35 bits per heavy atom. The van der Waals surface area contributed by atoms with Gasteiger partial charge >= 0.3 is 0 Å². The fourth-order valence-corrected chi connectivity index (χ4v) is 2.76. The highest BCUT2D eigenvalue weighted by atomic mass is 16.5. The molecule has 1 aliphatic heterocycles. The average molecular weight is 240 g/mol. The third-order valence-corrected chi connectivity index (χ3v) is 3.93. The molecule has 17 heavy (non-hydrogen) atoms. The van der Waals surface area contributed by atoms with Crippen LogP contribution in [0.25, 0.3) is 0 Å². The van der Waals surface area contributed by atoms with Crippen LogP contribution in [0.1, 0.15) is 40.5 Å². The molecule has 2 fully saturated rings. The van der Waals surface area contributed by atoms with Crippen molar-refractivity contribution in [2.24, 2.45) is 5.92 Å². The van der Waals surface area contributed by atoms with Crippen LogP contribution in [0, 0.1) is 5.92 Å². The predicted octanol–water partition coefficient (Wildman–Crippen LogP) is 1.88. The zero-order valence-corrected chi connectivity index (χ0v) is 11.9. The molecule has 2 rings (SSSR count). The highest BCUT2D eigenvalue weighted by molar-refractivity contribution is 5.01. The van der Waals surface area contributed by atoms with E-state index in [1.807, 2.05) is 0 Å². The Bertz CT molecular complexity index is 257. The van der Waals surface area contributed by atoms with E-state index in [2.05, 4.69) is 37.9 Å². The molecular weight excluding hydrogens is 212 g/mol. The highest BCUT2D eigenvalue weighted by Gasteiger charge is 2.43. The molecule has 1 atom stereocenters. The summed E-state index contributed by atoms with van der Waals surface area (Å²) in [7, 11) is 0. The van der Waals surface area contributed by atoms with Crippen LogP contribution < -0.4 is 5.32 Å². The van der Waals surface area contributed by atoms with Crippen LogP contribution in [0.4, 0.5) is 0 Å². The maximum Gasteiger partial charge on any atom is 0.0600 e. The van der Waals surface area contributed by atoms with Gasteiger partial charge in [-0.05, 0) is 46.5 Å². The van der Waals surface area contributed by atoms with Gasteiger partial charge in [0.05, 0.1) is 12.2 Å². The summed E-state index contributed by atoms with van der Waals surface area (Å²) in [6.45, 7) is 14.2. The number of rotatable bonds is 4. The summed E-state index contributed by atoms with van der Waals surface area (Å²) in [4.78, 5) is 2.56. The number of hydrogen-bond acceptors (Lipinski definition) is 3. The van der Waals surface area contributed by atoms with Crippen LogP contribution in [-0.2, 0) is 4.74 Å². The summed E-state index contributed by atoms with van der Waals surface area (Å²) >= 11 is 0. The SMILES string of the molecule is CC(C)(C)OCCN1CCNC(C)(C2CC2)C1. The van der Waals surface area contributed by atoms with Gasteiger partial charge in [-0.15, -0.1) is 0 Å². The maximum atomic E-state index is 5.81. The fraction of sp³-hybridized carbons (Fsp3) is 1.00. The molecule has 0 aromatic rings. The van der Waals surface area contributed by atoms with Gasteiger partial charge in [0.25, 0.3) is 0 Å². The van der Waals surface area contributed by atoms with E-state index in [9.17, 15) is 0 Å². The van der Waals surface area contributed by atoms with Crippen molar-refractivity contribution in [1.29, 1.82) is 0 Å². The fourth-order valence-electron chi connectivity index (χ4n) is 2.76. The van der Waals surface area contributed by atoms with Gasteiger partial charge in [-0.2, -0.15) is 0 Å². The third-order valence-electron chi connectivity index (χ3n) is 3.93. The Morgan fingerprint density at radius 3 is 2.65 bits per heavy atom. The first-order valence-corrected chi connectivity index (χ1v) is 7.00. The normalized spacial score (nSPS) is 31.8. The lowest BCUT2D eigenvalue weighted by Gasteiger charge is -2.42. The number of ether oxygens (including phenoxy) is 1. The second kappa shape index (κ2) is 4.87. The molecule has 1 heterocycles. The zero-order chi connectivity index (χ0) is 12.5. The minimum atomic E-state index is -0.00612. The second-order valence-corrected chi connectivity index (χ2v) is 6.86. The number of piperazine rings is 1. The number of hydrogen-bond donors (Lipinski definition) is 1. The minimum absolute atomic E-state index is 0.00612. The van der Waals surface area contributed by atoms with Crippen molar-refractivity contribution in [1.82, 2.24) is 10.2 Å². The Morgan fingerprint density at radius 2 is 2.06 bits per heavy atom. The van der Waals surface area contributed by atoms with Crippen molar-refractivity contribution in [3.8, 4) is 0 Å². The van der Waals surface area contributed by atoms with Gasteiger partial charge in [-0.25, -0.2) is 0 Å². The first-order chi connectivity index (χ1) is 7.89. The first kappa shape index (κ1) is 13.3. The van der Waals surface area contributed by atoms with E-state index in [1.165, 1.54) is 19.4 Å². The number of nitrogens with one attached hydrogen (secondary N) is 1. The Labute approximate surface area is 106 Å². The minimum Gasteiger partial charge on any atom is -0.375 e. The molecule has 0 amide bonds. The lowest BCUT2D eigenvalue weighted by atomic mass is 9.93. The van der Waals surface area contributed by atoms with Gasteiger partial charge in [-0.3, -0.25) is 4.90 Å². The van der Waals surface area contributed by atoms with Crippen LogP contribution in [-0.4, -0.2) is 48.8 Å². The van der Waals surface area contributed by atoms with Crippen LogP contribution in [0.15, 0.2) is 0 Å². The molecule has 1 saturated carbocycles. The van der Waals surface area contributed by atoms with Gasteiger partial charge < -0.3 is 10.1 Å².